The summed E-state index contributed by atoms with van der Waals surface area (Å²) < 4.78 is 0. The fraction of sp³-hybridized carbons (Fsp3) is 0.130. The number of amides is 2. The highest BCUT2D eigenvalue weighted by molar-refractivity contribution is 5.98. The number of nitrogens with one attached hydrogen (secondary N) is 1. The molecule has 0 bridgehead atoms. The lowest BCUT2D eigenvalue weighted by Crippen LogP contribution is -2.54. The molecule has 1 saturated heterocycles. The van der Waals surface area contributed by atoms with E-state index < -0.39 is 17.0 Å². The Morgan fingerprint density at radius 2 is 1.43 bits per heavy atom. The van der Waals surface area contributed by atoms with Crippen LogP contribution >= 0.6 is 0 Å². The smallest absolute Gasteiger partial charge is 0.269 e. The molecule has 7 heteroatoms. The van der Waals surface area contributed by atoms with Crippen LogP contribution in [-0.4, -0.2) is 21.6 Å². The van der Waals surface area contributed by atoms with Crippen LogP contribution < -0.4 is 5.32 Å². The molecule has 4 rings (SSSR count). The van der Waals surface area contributed by atoms with E-state index in [2.05, 4.69) is 5.32 Å². The van der Waals surface area contributed by atoms with Gasteiger partial charge in [-0.05, 0) is 28.8 Å². The van der Waals surface area contributed by atoms with E-state index in [1.165, 1.54) is 29.2 Å². The molecule has 1 N–H and O–H groups in total. The Morgan fingerprint density at radius 1 is 0.833 bits per heavy atom. The minimum Gasteiger partial charge on any atom is -0.338 e. The number of benzene rings is 3. The Bertz CT molecular complexity index is 1070. The van der Waals surface area contributed by atoms with E-state index in [-0.39, 0.29) is 24.0 Å². The molecule has 0 aromatic heterocycles. The summed E-state index contributed by atoms with van der Waals surface area (Å²) in [6, 6.07) is 22.6. The van der Waals surface area contributed by atoms with Crippen LogP contribution in [0.2, 0.25) is 0 Å². The summed E-state index contributed by atoms with van der Waals surface area (Å²) in [4.78, 5) is 38.6. The maximum absolute atomic E-state index is 13.4. The van der Waals surface area contributed by atoms with Crippen LogP contribution in [0.3, 0.4) is 0 Å². The number of nitro benzene ring substituents is 1. The molecular formula is C23H19N3O4. The molecule has 2 atom stereocenters. The first kappa shape index (κ1) is 19.3. The Kier molecular flexibility index (Phi) is 5.26. The van der Waals surface area contributed by atoms with Gasteiger partial charge in [-0.2, -0.15) is 0 Å². The molecule has 3 aromatic carbocycles. The van der Waals surface area contributed by atoms with Gasteiger partial charge in [-0.25, -0.2) is 0 Å². The molecule has 0 saturated carbocycles. The lowest BCUT2D eigenvalue weighted by Gasteiger charge is -2.39. The molecule has 2 amide bonds. The summed E-state index contributed by atoms with van der Waals surface area (Å²) in [7, 11) is 0. The third-order valence-corrected chi connectivity index (χ3v) is 5.12. The molecule has 150 valence electrons. The van der Waals surface area contributed by atoms with Gasteiger partial charge in [-0.1, -0.05) is 60.7 Å². The molecular weight excluding hydrogens is 382 g/mol. The Balaban J connectivity index is 1.72. The topological polar surface area (TPSA) is 92.6 Å². The highest BCUT2D eigenvalue weighted by Gasteiger charge is 2.42. The normalized spacial score (nSPS) is 18.7. The van der Waals surface area contributed by atoms with E-state index in [0.717, 1.165) is 5.56 Å². The molecule has 1 aliphatic rings. The lowest BCUT2D eigenvalue weighted by atomic mass is 9.95. The number of piperazine rings is 1. The zero-order valence-corrected chi connectivity index (χ0v) is 16.0. The minimum absolute atomic E-state index is 0.0712. The zero-order valence-electron chi connectivity index (χ0n) is 16.0. The molecule has 2 unspecified atom stereocenters. The first-order chi connectivity index (χ1) is 14.5. The maximum atomic E-state index is 13.4. The summed E-state index contributed by atoms with van der Waals surface area (Å²) in [6.07, 6.45) is 0. The van der Waals surface area contributed by atoms with E-state index in [1.807, 2.05) is 48.5 Å². The van der Waals surface area contributed by atoms with E-state index in [0.29, 0.717) is 11.1 Å². The SMILES string of the molecule is O=C1NC(c2ccccc2)C(=O)N(Cc2ccccc2)C1c1ccc([N+](=O)[O-])cc1. The highest BCUT2D eigenvalue weighted by Crippen LogP contribution is 2.32. The number of hydrogen-bond donors (Lipinski definition) is 1. The number of carbonyl (C=O) groups is 2. The summed E-state index contributed by atoms with van der Waals surface area (Å²) in [5, 5.41) is 13.8. The molecule has 3 aromatic rings. The number of hydrogen-bond acceptors (Lipinski definition) is 4. The third kappa shape index (κ3) is 3.77. The number of rotatable bonds is 5. The van der Waals surface area contributed by atoms with E-state index in [1.54, 1.807) is 12.1 Å². The van der Waals surface area contributed by atoms with Crippen molar-refractivity contribution in [3.05, 3.63) is 112 Å². The van der Waals surface area contributed by atoms with Gasteiger partial charge in [0.15, 0.2) is 0 Å². The van der Waals surface area contributed by atoms with E-state index >= 15 is 0 Å². The van der Waals surface area contributed by atoms with Crippen molar-refractivity contribution in [2.45, 2.75) is 18.6 Å². The molecule has 0 aliphatic carbocycles. The summed E-state index contributed by atoms with van der Waals surface area (Å²) >= 11 is 0. The van der Waals surface area contributed by atoms with Crippen LogP contribution in [0.1, 0.15) is 28.8 Å². The number of carbonyl (C=O) groups excluding carboxylic acids is 2. The first-order valence-electron chi connectivity index (χ1n) is 9.48. The first-order valence-corrected chi connectivity index (χ1v) is 9.48. The van der Waals surface area contributed by atoms with Gasteiger partial charge in [0.2, 0.25) is 5.91 Å². The van der Waals surface area contributed by atoms with E-state index in [9.17, 15) is 19.7 Å². The number of non-ortho nitro benzene ring substituents is 1. The van der Waals surface area contributed by atoms with Gasteiger partial charge in [0.25, 0.3) is 11.6 Å². The molecule has 30 heavy (non-hydrogen) atoms. The highest BCUT2D eigenvalue weighted by atomic mass is 16.6. The fourth-order valence-corrected chi connectivity index (χ4v) is 3.65. The van der Waals surface area contributed by atoms with Gasteiger partial charge >= 0.3 is 0 Å². The van der Waals surface area contributed by atoms with Gasteiger partial charge in [0.05, 0.1) is 4.92 Å². The second-order valence-electron chi connectivity index (χ2n) is 7.06. The van der Waals surface area contributed by atoms with Crippen LogP contribution in [-0.2, 0) is 16.1 Å². The van der Waals surface area contributed by atoms with Gasteiger partial charge in [0.1, 0.15) is 12.1 Å². The molecule has 1 fully saturated rings. The predicted octanol–water partition coefficient (Wildman–Crippen LogP) is 3.54. The second-order valence-corrected chi connectivity index (χ2v) is 7.06. The number of nitrogens with zero attached hydrogens (tertiary/aromatic N) is 2. The fourth-order valence-electron chi connectivity index (χ4n) is 3.65. The van der Waals surface area contributed by atoms with Crippen LogP contribution in [0.15, 0.2) is 84.9 Å². The van der Waals surface area contributed by atoms with Gasteiger partial charge < -0.3 is 10.2 Å². The van der Waals surface area contributed by atoms with Gasteiger partial charge in [-0.3, -0.25) is 19.7 Å². The summed E-state index contributed by atoms with van der Waals surface area (Å²) in [5.74, 6) is -0.554. The summed E-state index contributed by atoms with van der Waals surface area (Å²) in [6.45, 7) is 0.248. The quantitative estimate of drug-likeness (QED) is 0.523. The van der Waals surface area contributed by atoms with Crippen LogP contribution in [0.5, 0.6) is 0 Å². The van der Waals surface area contributed by atoms with Crippen molar-refractivity contribution in [2.75, 3.05) is 0 Å². The van der Waals surface area contributed by atoms with Gasteiger partial charge in [0, 0.05) is 18.7 Å². The summed E-state index contributed by atoms with van der Waals surface area (Å²) in [5.41, 5.74) is 2.04. The zero-order chi connectivity index (χ0) is 21.1. The van der Waals surface area contributed by atoms with Crippen molar-refractivity contribution in [1.82, 2.24) is 10.2 Å². The van der Waals surface area contributed by atoms with Crippen LogP contribution in [0.4, 0.5) is 5.69 Å². The van der Waals surface area contributed by atoms with E-state index in [4.69, 9.17) is 0 Å². The monoisotopic (exact) mass is 401 g/mol. The Labute approximate surface area is 173 Å². The molecule has 0 spiro atoms. The third-order valence-electron chi connectivity index (χ3n) is 5.12. The molecule has 1 heterocycles. The maximum Gasteiger partial charge on any atom is 0.269 e. The van der Waals surface area contributed by atoms with Crippen molar-refractivity contribution in [3.8, 4) is 0 Å². The van der Waals surface area contributed by atoms with Crippen LogP contribution in [0, 0.1) is 10.1 Å². The van der Waals surface area contributed by atoms with Crippen molar-refractivity contribution < 1.29 is 14.5 Å². The lowest BCUT2D eigenvalue weighted by molar-refractivity contribution is -0.384. The van der Waals surface area contributed by atoms with Crippen molar-refractivity contribution >= 4 is 17.5 Å². The van der Waals surface area contributed by atoms with Crippen molar-refractivity contribution in [3.63, 3.8) is 0 Å². The van der Waals surface area contributed by atoms with Crippen LogP contribution in [0.25, 0.3) is 0 Å². The number of nitro groups is 1. The molecule has 0 radical (unpaired) electrons. The van der Waals surface area contributed by atoms with Gasteiger partial charge in [-0.15, -0.1) is 0 Å². The van der Waals surface area contributed by atoms with Crippen molar-refractivity contribution in [2.24, 2.45) is 0 Å². The molecule has 7 nitrogen and oxygen atoms in total. The minimum atomic E-state index is -0.876. The Morgan fingerprint density at radius 3 is 2.03 bits per heavy atom. The average molecular weight is 401 g/mol. The van der Waals surface area contributed by atoms with Crippen molar-refractivity contribution in [1.29, 1.82) is 0 Å². The standard InChI is InChI=1S/C23H19N3O4/c27-22-21(18-11-13-19(14-12-18)26(29)30)25(15-16-7-3-1-4-8-16)23(28)20(24-22)17-9-5-2-6-10-17/h1-14,20-21H,15H2,(H,24,27). The average Bonchev–Trinajstić information content (AvgIpc) is 2.77. The second kappa shape index (κ2) is 8.16. The Hall–Kier alpha value is -4.00. The molecule has 1 aliphatic heterocycles. The predicted molar refractivity (Wildman–Crippen MR) is 110 cm³/mol. The largest absolute Gasteiger partial charge is 0.338 e.